The van der Waals surface area contributed by atoms with E-state index < -0.39 is 0 Å². The van der Waals surface area contributed by atoms with E-state index in [1.807, 2.05) is 24.3 Å². The van der Waals surface area contributed by atoms with Crippen LogP contribution in [-0.2, 0) is 0 Å². The highest BCUT2D eigenvalue weighted by molar-refractivity contribution is 9.10. The molecular formula is C43H37Br2NO. The van der Waals surface area contributed by atoms with Crippen molar-refractivity contribution in [3.05, 3.63) is 159 Å². The van der Waals surface area contributed by atoms with Crippen molar-refractivity contribution in [2.75, 3.05) is 0 Å². The molecule has 1 aromatic heterocycles. The van der Waals surface area contributed by atoms with Crippen molar-refractivity contribution in [2.24, 2.45) is 0 Å². The Morgan fingerprint density at radius 1 is 0.638 bits per heavy atom. The SMILES string of the molecule is CC[C@@H](C)c1ccc(C=O)cc1.Cc1ccc(Br)cc1-c1cc(-c2ccc3c(c2)c2cc(Br)ccc2n3-c2ccccc2)ccc1C. The van der Waals surface area contributed by atoms with Crippen molar-refractivity contribution in [1.29, 1.82) is 0 Å². The van der Waals surface area contributed by atoms with E-state index in [-0.39, 0.29) is 0 Å². The minimum Gasteiger partial charge on any atom is -0.309 e. The Bertz CT molecular complexity index is 2200. The number of nitrogens with zero attached hydrogens (tertiary/aromatic N) is 1. The fourth-order valence-corrected chi connectivity index (χ4v) is 6.87. The number of hydrogen-bond donors (Lipinski definition) is 0. The fourth-order valence-electron chi connectivity index (χ4n) is 6.15. The summed E-state index contributed by atoms with van der Waals surface area (Å²) in [5, 5.41) is 2.50. The maximum Gasteiger partial charge on any atom is 0.150 e. The highest BCUT2D eigenvalue weighted by Gasteiger charge is 2.15. The lowest BCUT2D eigenvalue weighted by molar-refractivity contribution is 0.112. The van der Waals surface area contributed by atoms with Gasteiger partial charge in [0.1, 0.15) is 6.29 Å². The van der Waals surface area contributed by atoms with Gasteiger partial charge in [0.05, 0.1) is 11.0 Å². The van der Waals surface area contributed by atoms with Gasteiger partial charge >= 0.3 is 0 Å². The highest BCUT2D eigenvalue weighted by Crippen LogP contribution is 2.38. The van der Waals surface area contributed by atoms with Gasteiger partial charge in [0.25, 0.3) is 0 Å². The standard InChI is InChI=1S/C32H23Br2N.C11H14O/c1-20-8-10-22(16-27(20)28-18-24(33)12-9-21(28)2)23-11-14-31-29(17-23)30-19-25(34)13-15-32(30)35(31)26-6-4-3-5-7-26;1-3-9(2)11-6-4-10(8-12)5-7-11/h3-19H,1-2H3;4-9H,3H2,1-2H3/t;9-/m.1/s1. The van der Waals surface area contributed by atoms with Crippen LogP contribution in [0.1, 0.15) is 53.2 Å². The van der Waals surface area contributed by atoms with Crippen LogP contribution in [-0.4, -0.2) is 10.9 Å². The van der Waals surface area contributed by atoms with E-state index in [9.17, 15) is 4.79 Å². The Kier molecular flexibility index (Phi) is 9.91. The summed E-state index contributed by atoms with van der Waals surface area (Å²) >= 11 is 7.34. The molecule has 47 heavy (non-hydrogen) atoms. The Hall–Kier alpha value is -4.25. The van der Waals surface area contributed by atoms with Gasteiger partial charge in [-0.1, -0.05) is 112 Å². The largest absolute Gasteiger partial charge is 0.309 e. The molecule has 0 unspecified atom stereocenters. The van der Waals surface area contributed by atoms with Gasteiger partial charge in [-0.05, 0) is 126 Å². The molecule has 0 aliphatic carbocycles. The van der Waals surface area contributed by atoms with E-state index in [0.717, 1.165) is 27.2 Å². The molecule has 0 N–H and O–H groups in total. The molecule has 1 heterocycles. The Morgan fingerprint density at radius 2 is 1.19 bits per heavy atom. The second-order valence-electron chi connectivity index (χ2n) is 12.1. The highest BCUT2D eigenvalue weighted by atomic mass is 79.9. The number of benzene rings is 6. The summed E-state index contributed by atoms with van der Waals surface area (Å²) in [6, 6.07) is 45.1. The van der Waals surface area contributed by atoms with Gasteiger partial charge < -0.3 is 4.57 Å². The molecule has 7 aromatic rings. The second kappa shape index (κ2) is 14.3. The molecule has 0 fully saturated rings. The normalized spacial score (nSPS) is 11.7. The molecule has 0 saturated heterocycles. The molecule has 0 spiro atoms. The fraction of sp³-hybridized carbons (Fsp3) is 0.140. The quantitative estimate of drug-likeness (QED) is 0.156. The van der Waals surface area contributed by atoms with Gasteiger partial charge in [-0.3, -0.25) is 4.79 Å². The smallest absolute Gasteiger partial charge is 0.150 e. The first kappa shape index (κ1) is 32.7. The number of halogens is 2. The first-order chi connectivity index (χ1) is 22.8. The predicted molar refractivity (Wildman–Crippen MR) is 207 cm³/mol. The van der Waals surface area contributed by atoms with Gasteiger partial charge in [-0.2, -0.15) is 0 Å². The molecule has 0 aliphatic heterocycles. The van der Waals surface area contributed by atoms with E-state index in [2.05, 4.69) is 167 Å². The van der Waals surface area contributed by atoms with Crippen molar-refractivity contribution in [2.45, 2.75) is 40.0 Å². The topological polar surface area (TPSA) is 22.0 Å². The van der Waals surface area contributed by atoms with Gasteiger partial charge in [0, 0.05) is 31.0 Å². The van der Waals surface area contributed by atoms with E-state index in [1.165, 1.54) is 66.4 Å². The van der Waals surface area contributed by atoms with Crippen molar-refractivity contribution >= 4 is 60.0 Å². The Morgan fingerprint density at radius 3 is 1.87 bits per heavy atom. The maximum absolute atomic E-state index is 10.4. The number of carbonyl (C=O) groups is 1. The number of aryl methyl sites for hydroxylation is 2. The molecule has 0 amide bonds. The van der Waals surface area contributed by atoms with Crippen LogP contribution >= 0.6 is 31.9 Å². The minimum atomic E-state index is 0.589. The Labute approximate surface area is 294 Å². The number of para-hydroxylation sites is 1. The number of aromatic nitrogens is 1. The summed E-state index contributed by atoms with van der Waals surface area (Å²) in [4.78, 5) is 10.4. The summed E-state index contributed by atoms with van der Waals surface area (Å²) in [5.74, 6) is 0.589. The molecular weight excluding hydrogens is 706 g/mol. The summed E-state index contributed by atoms with van der Waals surface area (Å²) in [5.41, 5.74) is 13.2. The third kappa shape index (κ3) is 6.90. The van der Waals surface area contributed by atoms with Crippen LogP contribution in [0.2, 0.25) is 0 Å². The molecule has 6 aromatic carbocycles. The minimum absolute atomic E-state index is 0.589. The zero-order chi connectivity index (χ0) is 33.1. The molecule has 0 radical (unpaired) electrons. The first-order valence-electron chi connectivity index (χ1n) is 16.0. The summed E-state index contributed by atoms with van der Waals surface area (Å²) in [6.45, 7) is 8.72. The summed E-state index contributed by atoms with van der Waals surface area (Å²) in [7, 11) is 0. The average molecular weight is 744 g/mol. The van der Waals surface area contributed by atoms with Crippen molar-refractivity contribution < 1.29 is 4.79 Å². The number of rotatable bonds is 6. The average Bonchev–Trinajstić information content (AvgIpc) is 3.42. The number of hydrogen-bond acceptors (Lipinski definition) is 1. The van der Waals surface area contributed by atoms with Gasteiger partial charge in [-0.25, -0.2) is 0 Å². The van der Waals surface area contributed by atoms with E-state index >= 15 is 0 Å². The van der Waals surface area contributed by atoms with Crippen LogP contribution < -0.4 is 0 Å². The second-order valence-corrected chi connectivity index (χ2v) is 14.0. The number of aldehydes is 1. The van der Waals surface area contributed by atoms with Crippen molar-refractivity contribution in [3.8, 4) is 27.9 Å². The van der Waals surface area contributed by atoms with Gasteiger partial charge in [0.15, 0.2) is 0 Å². The van der Waals surface area contributed by atoms with Crippen LogP contribution in [0, 0.1) is 13.8 Å². The molecule has 0 aliphatic rings. The third-order valence-corrected chi connectivity index (χ3v) is 10.0. The molecule has 234 valence electrons. The maximum atomic E-state index is 10.4. The third-order valence-electron chi connectivity index (χ3n) is 9.06. The predicted octanol–water partition coefficient (Wildman–Crippen LogP) is 13.3. The molecule has 4 heteroatoms. The lowest BCUT2D eigenvalue weighted by Gasteiger charge is -2.13. The monoisotopic (exact) mass is 741 g/mol. The molecule has 0 bridgehead atoms. The van der Waals surface area contributed by atoms with Crippen LogP contribution in [0.5, 0.6) is 0 Å². The molecule has 7 rings (SSSR count). The van der Waals surface area contributed by atoms with Crippen LogP contribution in [0.15, 0.2) is 136 Å². The number of fused-ring (bicyclic) bond motifs is 3. The van der Waals surface area contributed by atoms with E-state index in [1.54, 1.807) is 0 Å². The van der Waals surface area contributed by atoms with E-state index in [4.69, 9.17) is 0 Å². The summed E-state index contributed by atoms with van der Waals surface area (Å²) < 4.78 is 4.54. The molecule has 2 nitrogen and oxygen atoms in total. The Balaban J connectivity index is 0.000000273. The molecule has 0 saturated carbocycles. The van der Waals surface area contributed by atoms with Crippen molar-refractivity contribution in [1.82, 2.24) is 4.57 Å². The van der Waals surface area contributed by atoms with Crippen molar-refractivity contribution in [3.63, 3.8) is 0 Å². The lowest BCUT2D eigenvalue weighted by Crippen LogP contribution is -1.93. The van der Waals surface area contributed by atoms with Crippen LogP contribution in [0.3, 0.4) is 0 Å². The van der Waals surface area contributed by atoms with Gasteiger partial charge in [0.2, 0.25) is 0 Å². The van der Waals surface area contributed by atoms with E-state index in [0.29, 0.717) is 5.92 Å². The van der Waals surface area contributed by atoms with Crippen LogP contribution in [0.4, 0.5) is 0 Å². The zero-order valence-corrected chi connectivity index (χ0v) is 30.3. The summed E-state index contributed by atoms with van der Waals surface area (Å²) in [6.07, 6.45) is 2.01. The van der Waals surface area contributed by atoms with Crippen LogP contribution in [0.25, 0.3) is 49.7 Å². The van der Waals surface area contributed by atoms with Gasteiger partial charge in [-0.15, -0.1) is 0 Å². The lowest BCUT2D eigenvalue weighted by atomic mass is 9.92. The first-order valence-corrected chi connectivity index (χ1v) is 17.6. The zero-order valence-electron chi connectivity index (χ0n) is 27.1. The number of carbonyl (C=O) groups excluding carboxylic acids is 1. The molecule has 1 atom stereocenters.